The zero-order valence-corrected chi connectivity index (χ0v) is 13.0. The number of nitrogens with zero attached hydrogens (tertiary/aromatic N) is 2. The third-order valence-electron chi connectivity index (χ3n) is 4.35. The highest BCUT2D eigenvalue weighted by molar-refractivity contribution is 9.10. The first-order valence-electron chi connectivity index (χ1n) is 7.17. The molecule has 5 heteroatoms. The van der Waals surface area contributed by atoms with E-state index in [9.17, 15) is 9.90 Å². The predicted octanol–water partition coefficient (Wildman–Crippen LogP) is 2.82. The van der Waals surface area contributed by atoms with Crippen molar-refractivity contribution >= 4 is 27.6 Å². The van der Waals surface area contributed by atoms with Gasteiger partial charge in [0.05, 0.1) is 11.3 Å². The molecule has 2 aliphatic heterocycles. The summed E-state index contributed by atoms with van der Waals surface area (Å²) in [7, 11) is 0. The number of benzene rings is 1. The Morgan fingerprint density at radius 2 is 2.00 bits per heavy atom. The highest BCUT2D eigenvalue weighted by Gasteiger charge is 2.30. The van der Waals surface area contributed by atoms with Crippen molar-refractivity contribution in [3.8, 4) is 0 Å². The van der Waals surface area contributed by atoms with Gasteiger partial charge in [-0.25, -0.2) is 4.79 Å². The van der Waals surface area contributed by atoms with Crippen LogP contribution < -0.4 is 4.90 Å². The van der Waals surface area contributed by atoms with E-state index in [0.29, 0.717) is 11.6 Å². The summed E-state index contributed by atoms with van der Waals surface area (Å²) >= 11 is 3.44. The lowest BCUT2D eigenvalue weighted by atomic mass is 10.1. The van der Waals surface area contributed by atoms with E-state index in [1.807, 2.05) is 6.07 Å². The fourth-order valence-electron chi connectivity index (χ4n) is 3.31. The number of halogens is 1. The van der Waals surface area contributed by atoms with Crippen molar-refractivity contribution in [2.45, 2.75) is 25.3 Å². The molecular formula is C15H19BrN2O2. The molecule has 0 aromatic heterocycles. The normalized spacial score (nSPS) is 23.4. The van der Waals surface area contributed by atoms with Gasteiger partial charge in [0.1, 0.15) is 0 Å². The second kappa shape index (κ2) is 5.74. The predicted molar refractivity (Wildman–Crippen MR) is 82.5 cm³/mol. The maximum absolute atomic E-state index is 11.4. The number of likely N-dealkylation sites (tertiary alicyclic amines) is 1. The summed E-state index contributed by atoms with van der Waals surface area (Å²) < 4.78 is 0.933. The quantitative estimate of drug-likeness (QED) is 0.920. The standard InChI is InChI=1S/C15H19BrN2O2/c16-11-3-4-13(15(19)20)14(9-11)18-8-5-12(10-18)17-6-1-2-7-17/h3-4,9,12H,1-2,5-8,10H2,(H,19,20). The molecule has 0 aliphatic carbocycles. The average molecular weight is 339 g/mol. The van der Waals surface area contributed by atoms with E-state index >= 15 is 0 Å². The summed E-state index contributed by atoms with van der Waals surface area (Å²) in [6.07, 6.45) is 3.73. The van der Waals surface area contributed by atoms with Gasteiger partial charge in [-0.3, -0.25) is 4.90 Å². The van der Waals surface area contributed by atoms with E-state index in [0.717, 1.165) is 29.7 Å². The molecule has 0 spiro atoms. The molecule has 2 heterocycles. The van der Waals surface area contributed by atoms with Crippen LogP contribution in [0.1, 0.15) is 29.6 Å². The lowest BCUT2D eigenvalue weighted by Crippen LogP contribution is -2.35. The molecule has 20 heavy (non-hydrogen) atoms. The first-order valence-corrected chi connectivity index (χ1v) is 7.96. The molecule has 2 fully saturated rings. The Morgan fingerprint density at radius 1 is 1.25 bits per heavy atom. The number of anilines is 1. The van der Waals surface area contributed by atoms with Gasteiger partial charge in [0.15, 0.2) is 0 Å². The molecule has 2 aliphatic rings. The number of carbonyl (C=O) groups is 1. The van der Waals surface area contributed by atoms with Crippen molar-refractivity contribution < 1.29 is 9.90 Å². The highest BCUT2D eigenvalue weighted by Crippen LogP contribution is 2.30. The van der Waals surface area contributed by atoms with Crippen LogP contribution in [-0.2, 0) is 0 Å². The molecule has 4 nitrogen and oxygen atoms in total. The van der Waals surface area contributed by atoms with Crippen LogP contribution >= 0.6 is 15.9 Å². The molecule has 1 N–H and O–H groups in total. The van der Waals surface area contributed by atoms with Gasteiger partial charge in [0, 0.05) is 23.6 Å². The second-order valence-electron chi connectivity index (χ2n) is 5.60. The highest BCUT2D eigenvalue weighted by atomic mass is 79.9. The Labute approximate surface area is 127 Å². The van der Waals surface area contributed by atoms with Gasteiger partial charge in [-0.15, -0.1) is 0 Å². The van der Waals surface area contributed by atoms with Crippen molar-refractivity contribution in [1.82, 2.24) is 4.90 Å². The number of rotatable bonds is 3. The Morgan fingerprint density at radius 3 is 2.70 bits per heavy atom. The molecule has 108 valence electrons. The van der Waals surface area contributed by atoms with E-state index in [2.05, 4.69) is 25.7 Å². The van der Waals surface area contributed by atoms with Gasteiger partial charge in [0.25, 0.3) is 0 Å². The Balaban J connectivity index is 1.80. The topological polar surface area (TPSA) is 43.8 Å². The van der Waals surface area contributed by atoms with E-state index in [1.165, 1.54) is 25.9 Å². The number of aromatic carboxylic acids is 1. The van der Waals surface area contributed by atoms with Crippen LogP contribution in [0.2, 0.25) is 0 Å². The van der Waals surface area contributed by atoms with Crippen molar-refractivity contribution in [3.05, 3.63) is 28.2 Å². The minimum atomic E-state index is -0.850. The Kier molecular flexibility index (Phi) is 3.98. The molecule has 0 amide bonds. The van der Waals surface area contributed by atoms with Crippen LogP contribution in [0, 0.1) is 0 Å². The van der Waals surface area contributed by atoms with Crippen molar-refractivity contribution in [2.24, 2.45) is 0 Å². The van der Waals surface area contributed by atoms with Crippen molar-refractivity contribution in [1.29, 1.82) is 0 Å². The summed E-state index contributed by atoms with van der Waals surface area (Å²) in [5.74, 6) is -0.850. The zero-order valence-electron chi connectivity index (χ0n) is 11.4. The number of hydrogen-bond acceptors (Lipinski definition) is 3. The lowest BCUT2D eigenvalue weighted by Gasteiger charge is -2.25. The summed E-state index contributed by atoms with van der Waals surface area (Å²) in [5, 5.41) is 9.34. The van der Waals surface area contributed by atoms with Gasteiger partial charge in [0.2, 0.25) is 0 Å². The zero-order chi connectivity index (χ0) is 14.1. The summed E-state index contributed by atoms with van der Waals surface area (Å²) in [4.78, 5) is 16.1. The molecule has 1 aromatic rings. The monoisotopic (exact) mass is 338 g/mol. The van der Waals surface area contributed by atoms with Gasteiger partial charge >= 0.3 is 5.97 Å². The second-order valence-corrected chi connectivity index (χ2v) is 6.51. The maximum atomic E-state index is 11.4. The van der Waals surface area contributed by atoms with Gasteiger partial charge in [-0.05, 0) is 50.6 Å². The van der Waals surface area contributed by atoms with Crippen molar-refractivity contribution in [3.63, 3.8) is 0 Å². The Bertz CT molecular complexity index is 515. The maximum Gasteiger partial charge on any atom is 0.337 e. The van der Waals surface area contributed by atoms with Crippen LogP contribution in [0.25, 0.3) is 0 Å². The molecule has 3 rings (SSSR count). The molecule has 2 saturated heterocycles. The van der Waals surface area contributed by atoms with Crippen LogP contribution in [0.5, 0.6) is 0 Å². The molecule has 0 radical (unpaired) electrons. The van der Waals surface area contributed by atoms with E-state index < -0.39 is 5.97 Å². The molecule has 1 unspecified atom stereocenters. The number of hydrogen-bond donors (Lipinski definition) is 1. The van der Waals surface area contributed by atoms with E-state index in [1.54, 1.807) is 12.1 Å². The molecule has 0 saturated carbocycles. The summed E-state index contributed by atoms with van der Waals surface area (Å²) in [5.41, 5.74) is 1.24. The fourth-order valence-corrected chi connectivity index (χ4v) is 3.66. The molecule has 1 atom stereocenters. The first kappa shape index (κ1) is 13.9. The SMILES string of the molecule is O=C(O)c1ccc(Br)cc1N1CCC(N2CCCC2)C1. The van der Waals surface area contributed by atoms with E-state index in [-0.39, 0.29) is 0 Å². The third kappa shape index (κ3) is 2.69. The minimum Gasteiger partial charge on any atom is -0.478 e. The van der Waals surface area contributed by atoms with Crippen LogP contribution in [0.4, 0.5) is 5.69 Å². The smallest absolute Gasteiger partial charge is 0.337 e. The number of carboxylic acids is 1. The Hall–Kier alpha value is -1.07. The molecule has 0 bridgehead atoms. The molecular weight excluding hydrogens is 320 g/mol. The largest absolute Gasteiger partial charge is 0.478 e. The minimum absolute atomic E-state index is 0.398. The van der Waals surface area contributed by atoms with Crippen LogP contribution in [0.3, 0.4) is 0 Å². The van der Waals surface area contributed by atoms with Gasteiger partial charge in [-0.2, -0.15) is 0 Å². The molecule has 1 aromatic carbocycles. The van der Waals surface area contributed by atoms with Gasteiger partial charge in [-0.1, -0.05) is 15.9 Å². The first-order chi connectivity index (χ1) is 9.65. The van der Waals surface area contributed by atoms with Crippen molar-refractivity contribution in [2.75, 3.05) is 31.1 Å². The van der Waals surface area contributed by atoms with Crippen LogP contribution in [-0.4, -0.2) is 48.2 Å². The summed E-state index contributed by atoms with van der Waals surface area (Å²) in [6.45, 7) is 4.28. The van der Waals surface area contributed by atoms with E-state index in [4.69, 9.17) is 0 Å². The average Bonchev–Trinajstić information content (AvgIpc) is 3.09. The number of carboxylic acid groups (broad SMARTS) is 1. The van der Waals surface area contributed by atoms with Gasteiger partial charge < -0.3 is 10.0 Å². The van der Waals surface area contributed by atoms with Crippen LogP contribution in [0.15, 0.2) is 22.7 Å². The fraction of sp³-hybridized carbons (Fsp3) is 0.533. The lowest BCUT2D eigenvalue weighted by molar-refractivity contribution is 0.0697. The summed E-state index contributed by atoms with van der Waals surface area (Å²) in [6, 6.07) is 5.99. The third-order valence-corrected chi connectivity index (χ3v) is 4.84.